The first-order valence-electron chi connectivity index (χ1n) is 10.5. The summed E-state index contributed by atoms with van der Waals surface area (Å²) < 4.78 is 5.69. The zero-order valence-electron chi connectivity index (χ0n) is 16.5. The predicted molar refractivity (Wildman–Crippen MR) is 106 cm³/mol. The number of carbonyl (C=O) groups is 1. The lowest BCUT2D eigenvalue weighted by atomic mass is 9.84. The first-order valence-corrected chi connectivity index (χ1v) is 10.5. The average Bonchev–Trinajstić information content (AvgIpc) is 3.16. The van der Waals surface area contributed by atoms with Crippen LogP contribution in [-0.2, 0) is 11.2 Å². The van der Waals surface area contributed by atoms with Gasteiger partial charge in [-0.25, -0.2) is 4.98 Å². The van der Waals surface area contributed by atoms with Gasteiger partial charge in [0.15, 0.2) is 0 Å². The molecule has 1 aliphatic carbocycles. The number of piperazine rings is 1. The van der Waals surface area contributed by atoms with Gasteiger partial charge in [-0.2, -0.15) is 0 Å². The molecule has 1 saturated carbocycles. The summed E-state index contributed by atoms with van der Waals surface area (Å²) in [5.41, 5.74) is 1.29. The summed E-state index contributed by atoms with van der Waals surface area (Å²) in [4.78, 5) is 20.9. The lowest BCUT2D eigenvalue weighted by molar-refractivity contribution is -0.119. The van der Waals surface area contributed by atoms with Crippen LogP contribution in [0, 0.1) is 5.92 Å². The number of pyridine rings is 1. The van der Waals surface area contributed by atoms with Crippen molar-refractivity contribution in [3.05, 3.63) is 17.8 Å². The number of hydrogen-bond donors (Lipinski definition) is 1. The molecule has 2 aliphatic heterocycles. The number of carbonyl (C=O) groups excluding carboxylic acids is 1. The average molecular weight is 373 g/mol. The van der Waals surface area contributed by atoms with E-state index in [1.54, 1.807) is 6.92 Å². The number of fused-ring (bicyclic) bond motifs is 1. The Balaban J connectivity index is 1.20. The van der Waals surface area contributed by atoms with Crippen LogP contribution in [0.25, 0.3) is 0 Å². The van der Waals surface area contributed by atoms with Gasteiger partial charge in [0.2, 0.25) is 5.91 Å². The number of hydrogen-bond acceptors (Lipinski definition) is 5. The van der Waals surface area contributed by atoms with Crippen molar-refractivity contribution in [2.24, 2.45) is 5.92 Å². The largest absolute Gasteiger partial charge is 0.493 e. The Morgan fingerprint density at radius 1 is 1.22 bits per heavy atom. The van der Waals surface area contributed by atoms with Gasteiger partial charge in [0.05, 0.1) is 6.61 Å². The fraction of sp³-hybridized carbons (Fsp3) is 0.714. The number of aromatic nitrogens is 1. The van der Waals surface area contributed by atoms with Crippen molar-refractivity contribution in [2.45, 2.75) is 51.5 Å². The van der Waals surface area contributed by atoms with Crippen LogP contribution in [0.3, 0.4) is 0 Å². The number of rotatable bonds is 5. The Kier molecular flexibility index (Phi) is 5.81. The molecule has 2 fully saturated rings. The van der Waals surface area contributed by atoms with Crippen molar-refractivity contribution in [3.8, 4) is 5.75 Å². The fourth-order valence-electron chi connectivity index (χ4n) is 4.80. The standard InChI is InChI=1S/C21H32N4O2/c1-16(26)23-18-4-2-17(3-5-18)7-10-24-11-13-25(14-12-24)21-19-8-15-27-20(19)6-9-22-21/h6,9,17-18H,2-5,7-8,10-15H2,1H3,(H,23,26)/t17-,18-. The topological polar surface area (TPSA) is 57.7 Å². The van der Waals surface area contributed by atoms with E-state index < -0.39 is 0 Å². The van der Waals surface area contributed by atoms with Crippen LogP contribution in [0.1, 0.15) is 44.6 Å². The Hall–Kier alpha value is -1.82. The van der Waals surface area contributed by atoms with Gasteiger partial charge >= 0.3 is 0 Å². The summed E-state index contributed by atoms with van der Waals surface area (Å²) in [5.74, 6) is 3.10. The lowest BCUT2D eigenvalue weighted by Crippen LogP contribution is -2.47. The number of ether oxygens (including phenoxy) is 1. The molecule has 0 unspecified atom stereocenters. The quantitative estimate of drug-likeness (QED) is 0.859. The Bertz CT molecular complexity index is 650. The maximum Gasteiger partial charge on any atom is 0.217 e. The smallest absolute Gasteiger partial charge is 0.217 e. The van der Waals surface area contributed by atoms with E-state index in [0.29, 0.717) is 6.04 Å². The molecule has 3 aliphatic rings. The monoisotopic (exact) mass is 372 g/mol. The molecule has 3 heterocycles. The highest BCUT2D eigenvalue weighted by Crippen LogP contribution is 2.32. The number of nitrogens with zero attached hydrogens (tertiary/aromatic N) is 3. The highest BCUT2D eigenvalue weighted by molar-refractivity contribution is 5.73. The highest BCUT2D eigenvalue weighted by Gasteiger charge is 2.26. The summed E-state index contributed by atoms with van der Waals surface area (Å²) in [6.07, 6.45) is 8.95. The molecule has 0 radical (unpaired) electrons. The lowest BCUT2D eigenvalue weighted by Gasteiger charge is -2.37. The zero-order valence-corrected chi connectivity index (χ0v) is 16.5. The summed E-state index contributed by atoms with van der Waals surface area (Å²) in [6, 6.07) is 2.40. The first kappa shape index (κ1) is 18.5. The summed E-state index contributed by atoms with van der Waals surface area (Å²) in [7, 11) is 0. The van der Waals surface area contributed by atoms with E-state index in [0.717, 1.165) is 69.5 Å². The zero-order chi connectivity index (χ0) is 18.6. The second-order valence-electron chi connectivity index (χ2n) is 8.25. The normalized spacial score (nSPS) is 25.7. The van der Waals surface area contributed by atoms with Gasteiger partial charge in [-0.15, -0.1) is 0 Å². The SMILES string of the molecule is CC(=O)N[C@H]1CC[C@H](CCN2CCN(c3nccc4c3CCO4)CC2)CC1. The summed E-state index contributed by atoms with van der Waals surface area (Å²) in [5, 5.41) is 3.08. The van der Waals surface area contributed by atoms with E-state index >= 15 is 0 Å². The first-order chi connectivity index (χ1) is 13.2. The van der Waals surface area contributed by atoms with E-state index in [4.69, 9.17) is 4.74 Å². The van der Waals surface area contributed by atoms with E-state index in [1.807, 2.05) is 12.3 Å². The van der Waals surface area contributed by atoms with Gasteiger partial charge in [0, 0.05) is 57.3 Å². The van der Waals surface area contributed by atoms with Crippen LogP contribution >= 0.6 is 0 Å². The molecule has 4 rings (SSSR count). The van der Waals surface area contributed by atoms with Crippen LogP contribution in [0.2, 0.25) is 0 Å². The maximum atomic E-state index is 11.2. The van der Waals surface area contributed by atoms with Crippen molar-refractivity contribution in [1.82, 2.24) is 15.2 Å². The van der Waals surface area contributed by atoms with Gasteiger partial charge in [-0.05, 0) is 50.6 Å². The van der Waals surface area contributed by atoms with Crippen LogP contribution in [0.15, 0.2) is 12.3 Å². The maximum absolute atomic E-state index is 11.2. The van der Waals surface area contributed by atoms with E-state index in [2.05, 4.69) is 20.1 Å². The van der Waals surface area contributed by atoms with Gasteiger partial charge in [0.1, 0.15) is 11.6 Å². The molecule has 0 aromatic carbocycles. The molecule has 0 spiro atoms. The Labute approximate surface area is 162 Å². The molecule has 6 heteroatoms. The molecule has 0 bridgehead atoms. The minimum absolute atomic E-state index is 0.112. The second-order valence-corrected chi connectivity index (χ2v) is 8.25. The molecule has 27 heavy (non-hydrogen) atoms. The van der Waals surface area contributed by atoms with Crippen molar-refractivity contribution < 1.29 is 9.53 Å². The number of nitrogens with one attached hydrogen (secondary N) is 1. The molecule has 1 aromatic rings. The number of anilines is 1. The van der Waals surface area contributed by atoms with E-state index in [-0.39, 0.29) is 5.91 Å². The summed E-state index contributed by atoms with van der Waals surface area (Å²) >= 11 is 0. The number of amides is 1. The third-order valence-corrected chi connectivity index (χ3v) is 6.38. The molecule has 6 nitrogen and oxygen atoms in total. The van der Waals surface area contributed by atoms with Crippen LogP contribution < -0.4 is 15.0 Å². The van der Waals surface area contributed by atoms with E-state index in [9.17, 15) is 4.79 Å². The Morgan fingerprint density at radius 2 is 2.00 bits per heavy atom. The van der Waals surface area contributed by atoms with Gasteiger partial charge < -0.3 is 15.0 Å². The minimum Gasteiger partial charge on any atom is -0.493 e. The molecule has 1 aromatic heterocycles. The molecular weight excluding hydrogens is 340 g/mol. The van der Waals surface area contributed by atoms with Gasteiger partial charge in [-0.1, -0.05) is 0 Å². The molecule has 1 amide bonds. The fourth-order valence-corrected chi connectivity index (χ4v) is 4.80. The van der Waals surface area contributed by atoms with E-state index in [1.165, 1.54) is 31.4 Å². The molecule has 1 saturated heterocycles. The minimum atomic E-state index is 0.112. The van der Waals surface area contributed by atoms with Gasteiger partial charge in [-0.3, -0.25) is 9.69 Å². The van der Waals surface area contributed by atoms with Crippen molar-refractivity contribution in [3.63, 3.8) is 0 Å². The van der Waals surface area contributed by atoms with Crippen LogP contribution in [0.4, 0.5) is 5.82 Å². The van der Waals surface area contributed by atoms with Crippen LogP contribution in [-0.4, -0.2) is 61.2 Å². The van der Waals surface area contributed by atoms with Crippen molar-refractivity contribution in [1.29, 1.82) is 0 Å². The van der Waals surface area contributed by atoms with Crippen LogP contribution in [0.5, 0.6) is 5.75 Å². The predicted octanol–water partition coefficient (Wildman–Crippen LogP) is 2.22. The van der Waals surface area contributed by atoms with Gasteiger partial charge in [0.25, 0.3) is 0 Å². The molecule has 148 valence electrons. The third-order valence-electron chi connectivity index (χ3n) is 6.38. The van der Waals surface area contributed by atoms with Crippen molar-refractivity contribution >= 4 is 11.7 Å². The molecule has 1 N–H and O–H groups in total. The summed E-state index contributed by atoms with van der Waals surface area (Å²) in [6.45, 7) is 7.96. The second kappa shape index (κ2) is 8.46. The third kappa shape index (κ3) is 4.54. The Morgan fingerprint density at radius 3 is 2.74 bits per heavy atom. The van der Waals surface area contributed by atoms with Crippen molar-refractivity contribution in [2.75, 3.05) is 44.2 Å². The highest BCUT2D eigenvalue weighted by atomic mass is 16.5. The molecule has 0 atom stereocenters. The molecular formula is C21H32N4O2.